The number of nitrogens with one attached hydrogen (secondary N) is 1. The average Bonchev–Trinajstić information content (AvgIpc) is 2.73. The van der Waals surface area contributed by atoms with Crippen molar-refractivity contribution in [3.63, 3.8) is 0 Å². The maximum Gasteiger partial charge on any atom is 0.344 e. The smallest absolute Gasteiger partial charge is 0.344 e. The van der Waals surface area contributed by atoms with Crippen LogP contribution in [-0.4, -0.2) is 76.8 Å². The molecular formula is C20H29NO9. The lowest BCUT2D eigenvalue weighted by atomic mass is 9.91. The van der Waals surface area contributed by atoms with Crippen molar-refractivity contribution in [3.05, 3.63) is 29.3 Å². The van der Waals surface area contributed by atoms with E-state index in [9.17, 15) is 14.4 Å². The second-order valence-electron chi connectivity index (χ2n) is 6.73. The summed E-state index contributed by atoms with van der Waals surface area (Å²) in [5, 5.41) is 35.9. The van der Waals surface area contributed by atoms with Gasteiger partial charge in [-0.3, -0.25) is 0 Å². The van der Waals surface area contributed by atoms with Crippen LogP contribution in [0.4, 0.5) is 0 Å². The van der Waals surface area contributed by atoms with E-state index in [1.165, 1.54) is 18.4 Å². The van der Waals surface area contributed by atoms with Crippen molar-refractivity contribution in [2.24, 2.45) is 0 Å². The Bertz CT molecular complexity index is 698. The highest BCUT2D eigenvalue weighted by atomic mass is 16.6. The van der Waals surface area contributed by atoms with Crippen LogP contribution in [-0.2, 0) is 19.1 Å². The second kappa shape index (κ2) is 12.8. The van der Waals surface area contributed by atoms with E-state index in [-0.39, 0.29) is 12.6 Å². The molecule has 0 spiro atoms. The topological polar surface area (TPSA) is 163 Å². The zero-order chi connectivity index (χ0) is 22.7. The van der Waals surface area contributed by atoms with Gasteiger partial charge in [-0.05, 0) is 56.3 Å². The number of ether oxygens (including phenoxy) is 2. The predicted octanol–water partition coefficient (Wildman–Crippen LogP) is 0.281. The summed E-state index contributed by atoms with van der Waals surface area (Å²) in [6.45, 7) is 6.26. The van der Waals surface area contributed by atoms with E-state index in [0.29, 0.717) is 12.5 Å². The molecule has 168 valence electrons. The molecular weight excluding hydrogens is 398 g/mol. The number of benzene rings is 1. The number of aryl methyl sites for hydroxylation is 1. The van der Waals surface area contributed by atoms with Crippen molar-refractivity contribution in [1.82, 2.24) is 5.32 Å². The molecule has 0 amide bonds. The van der Waals surface area contributed by atoms with Gasteiger partial charge in [0.1, 0.15) is 5.75 Å². The zero-order valence-electron chi connectivity index (χ0n) is 17.0. The average molecular weight is 427 g/mol. The molecule has 1 aliphatic heterocycles. The number of esters is 1. The van der Waals surface area contributed by atoms with Crippen molar-refractivity contribution in [1.29, 1.82) is 0 Å². The monoisotopic (exact) mass is 427 g/mol. The first-order chi connectivity index (χ1) is 14.2. The van der Waals surface area contributed by atoms with Gasteiger partial charge >= 0.3 is 17.9 Å². The molecule has 1 aromatic rings. The number of carboxylic acid groups (broad SMARTS) is 2. The van der Waals surface area contributed by atoms with Gasteiger partial charge in [0.05, 0.1) is 6.61 Å². The highest BCUT2D eigenvalue weighted by Gasteiger charge is 2.29. The summed E-state index contributed by atoms with van der Waals surface area (Å²) in [6, 6.07) is 6.28. The molecule has 1 fully saturated rings. The Kier molecular flexibility index (Phi) is 10.8. The lowest BCUT2D eigenvalue weighted by Crippen LogP contribution is -2.39. The first-order valence-corrected chi connectivity index (χ1v) is 9.58. The Hall–Kier alpha value is -2.69. The lowest BCUT2D eigenvalue weighted by Gasteiger charge is -2.23. The molecule has 1 heterocycles. The number of aliphatic hydroxyl groups excluding tert-OH is 2. The van der Waals surface area contributed by atoms with Gasteiger partial charge in [-0.25, -0.2) is 14.4 Å². The van der Waals surface area contributed by atoms with Gasteiger partial charge in [0, 0.05) is 6.54 Å². The zero-order valence-corrected chi connectivity index (χ0v) is 17.0. The van der Waals surface area contributed by atoms with Crippen LogP contribution >= 0.6 is 0 Å². The third kappa shape index (κ3) is 8.36. The van der Waals surface area contributed by atoms with E-state index in [0.717, 1.165) is 24.4 Å². The number of aliphatic carboxylic acids is 2. The minimum atomic E-state index is -2.27. The molecule has 2 rings (SSSR count). The first-order valence-electron chi connectivity index (χ1n) is 9.58. The van der Waals surface area contributed by atoms with E-state index in [2.05, 4.69) is 23.5 Å². The number of carbonyl (C=O) groups excluding carboxylic acids is 1. The molecule has 0 radical (unpaired) electrons. The normalized spacial score (nSPS) is 17.7. The van der Waals surface area contributed by atoms with Gasteiger partial charge < -0.3 is 35.2 Å². The molecule has 10 heteroatoms. The van der Waals surface area contributed by atoms with Crippen LogP contribution in [0, 0.1) is 6.92 Å². The van der Waals surface area contributed by atoms with E-state index >= 15 is 0 Å². The first kappa shape index (κ1) is 25.3. The minimum absolute atomic E-state index is 0.0267. The third-order valence-corrected chi connectivity index (χ3v) is 4.44. The number of aliphatic hydroxyl groups is 2. The number of hydrogen-bond donors (Lipinski definition) is 5. The van der Waals surface area contributed by atoms with E-state index in [1.54, 1.807) is 6.92 Å². The SMILES string of the molecule is CCOC(=O)COc1cc(C2CCCNC2)ccc1C.O=C(O)[C@H](O)[C@@H](O)C(=O)O. The fourth-order valence-corrected chi connectivity index (χ4v) is 2.77. The molecule has 1 saturated heterocycles. The highest BCUT2D eigenvalue weighted by Crippen LogP contribution is 2.28. The Morgan fingerprint density at radius 1 is 1.17 bits per heavy atom. The van der Waals surface area contributed by atoms with Crippen LogP contribution < -0.4 is 10.1 Å². The summed E-state index contributed by atoms with van der Waals surface area (Å²) in [4.78, 5) is 30.9. The quantitative estimate of drug-likeness (QED) is 0.364. The Balaban J connectivity index is 0.000000382. The second-order valence-corrected chi connectivity index (χ2v) is 6.73. The molecule has 3 atom stereocenters. The summed E-state index contributed by atoms with van der Waals surface area (Å²) in [6.07, 6.45) is -2.12. The van der Waals surface area contributed by atoms with Crippen LogP contribution in [0.3, 0.4) is 0 Å². The summed E-state index contributed by atoms with van der Waals surface area (Å²) in [7, 11) is 0. The Labute approximate surface area is 174 Å². The van der Waals surface area contributed by atoms with Crippen LogP contribution in [0.15, 0.2) is 18.2 Å². The van der Waals surface area contributed by atoms with Crippen molar-refractivity contribution in [2.75, 3.05) is 26.3 Å². The molecule has 0 aromatic heterocycles. The molecule has 1 aliphatic rings. The van der Waals surface area contributed by atoms with Crippen molar-refractivity contribution < 1.29 is 44.3 Å². The molecule has 0 aliphatic carbocycles. The van der Waals surface area contributed by atoms with E-state index < -0.39 is 24.1 Å². The number of rotatable bonds is 8. The Morgan fingerprint density at radius 2 is 1.80 bits per heavy atom. The number of carbonyl (C=O) groups is 3. The molecule has 1 unspecified atom stereocenters. The van der Waals surface area contributed by atoms with Gasteiger partial charge in [-0.2, -0.15) is 0 Å². The summed E-state index contributed by atoms with van der Waals surface area (Å²) in [5.74, 6) is -2.54. The minimum Gasteiger partial charge on any atom is -0.482 e. The molecule has 10 nitrogen and oxygen atoms in total. The predicted molar refractivity (Wildman–Crippen MR) is 105 cm³/mol. The summed E-state index contributed by atoms with van der Waals surface area (Å²) in [5.41, 5.74) is 2.32. The Morgan fingerprint density at radius 3 is 2.30 bits per heavy atom. The molecule has 5 N–H and O–H groups in total. The molecule has 30 heavy (non-hydrogen) atoms. The van der Waals surface area contributed by atoms with Crippen LogP contribution in [0.2, 0.25) is 0 Å². The maximum absolute atomic E-state index is 11.4. The van der Waals surface area contributed by atoms with E-state index in [1.807, 2.05) is 6.92 Å². The third-order valence-electron chi connectivity index (χ3n) is 4.44. The van der Waals surface area contributed by atoms with Crippen molar-refractivity contribution in [3.8, 4) is 5.75 Å². The lowest BCUT2D eigenvalue weighted by molar-refractivity contribution is -0.165. The molecule has 0 bridgehead atoms. The van der Waals surface area contributed by atoms with Gasteiger partial charge in [0.15, 0.2) is 18.8 Å². The van der Waals surface area contributed by atoms with Crippen molar-refractivity contribution in [2.45, 2.75) is 44.8 Å². The fourth-order valence-electron chi connectivity index (χ4n) is 2.77. The van der Waals surface area contributed by atoms with E-state index in [4.69, 9.17) is 29.9 Å². The number of carboxylic acids is 2. The van der Waals surface area contributed by atoms with Crippen LogP contribution in [0.25, 0.3) is 0 Å². The van der Waals surface area contributed by atoms with Crippen LogP contribution in [0.5, 0.6) is 5.75 Å². The maximum atomic E-state index is 11.4. The molecule has 0 saturated carbocycles. The van der Waals surface area contributed by atoms with Gasteiger partial charge in [0.25, 0.3) is 0 Å². The highest BCUT2D eigenvalue weighted by molar-refractivity contribution is 5.83. The largest absolute Gasteiger partial charge is 0.482 e. The van der Waals surface area contributed by atoms with Crippen LogP contribution in [0.1, 0.15) is 36.8 Å². The number of hydrogen-bond acceptors (Lipinski definition) is 8. The fraction of sp³-hybridized carbons (Fsp3) is 0.550. The van der Waals surface area contributed by atoms with Crippen molar-refractivity contribution >= 4 is 17.9 Å². The summed E-state index contributed by atoms with van der Waals surface area (Å²) < 4.78 is 10.5. The van der Waals surface area contributed by atoms with Gasteiger partial charge in [0.2, 0.25) is 0 Å². The summed E-state index contributed by atoms with van der Waals surface area (Å²) >= 11 is 0. The standard InChI is InChI=1S/C16H23NO3.C4H6O6/c1-3-19-16(18)11-20-15-9-13(7-6-12(15)2)14-5-4-8-17-10-14;5-1(3(7)8)2(6)4(9)10/h6-7,9,14,17H,3-5,8,10-11H2,1-2H3;1-2,5-6H,(H,7,8)(H,9,10)/t;1-,2-/m.1/s1. The number of piperidine rings is 1. The van der Waals surface area contributed by atoms with Gasteiger partial charge in [-0.15, -0.1) is 0 Å². The van der Waals surface area contributed by atoms with Gasteiger partial charge in [-0.1, -0.05) is 12.1 Å². The molecule has 1 aromatic carbocycles.